The smallest absolute Gasteiger partial charge is 0.253 e. The van der Waals surface area contributed by atoms with E-state index in [0.29, 0.717) is 6.07 Å². The minimum absolute atomic E-state index is 0.0879. The van der Waals surface area contributed by atoms with Crippen molar-refractivity contribution in [1.29, 1.82) is 0 Å². The van der Waals surface area contributed by atoms with Crippen LogP contribution in [0.25, 0.3) is 10.9 Å². The van der Waals surface area contributed by atoms with E-state index in [4.69, 9.17) is 0 Å². The van der Waals surface area contributed by atoms with Crippen LogP contribution in [0.5, 0.6) is 0 Å². The molecule has 0 saturated heterocycles. The summed E-state index contributed by atoms with van der Waals surface area (Å²) in [6, 6.07) is 8.99. The molecular weight excluding hydrogens is 378 g/mol. The number of aliphatic hydroxyl groups excluding tert-OH is 1. The Morgan fingerprint density at radius 2 is 1.86 bits per heavy atom. The van der Waals surface area contributed by atoms with Crippen molar-refractivity contribution in [1.82, 2.24) is 15.5 Å². The molecule has 1 fully saturated rings. The van der Waals surface area contributed by atoms with Gasteiger partial charge in [-0.1, -0.05) is 6.07 Å². The van der Waals surface area contributed by atoms with Crippen LogP contribution >= 0.6 is 0 Å². The van der Waals surface area contributed by atoms with Gasteiger partial charge in [-0.15, -0.1) is 0 Å². The Labute approximate surface area is 166 Å². The van der Waals surface area contributed by atoms with Gasteiger partial charge in [0.1, 0.15) is 11.6 Å². The lowest BCUT2D eigenvalue weighted by molar-refractivity contribution is -0.130. The van der Waals surface area contributed by atoms with E-state index in [-0.39, 0.29) is 17.6 Å². The Kier molecular flexibility index (Phi) is 5.44. The summed E-state index contributed by atoms with van der Waals surface area (Å²) in [7, 11) is 0. The van der Waals surface area contributed by atoms with Crippen molar-refractivity contribution in [3.05, 3.63) is 59.8 Å². The third kappa shape index (κ3) is 4.37. The average molecular weight is 400 g/mol. The van der Waals surface area contributed by atoms with Gasteiger partial charge in [0.2, 0.25) is 0 Å². The van der Waals surface area contributed by atoms with Crippen LogP contribution in [0, 0.1) is 11.6 Å². The predicted octanol–water partition coefficient (Wildman–Crippen LogP) is 3.41. The first-order valence-corrected chi connectivity index (χ1v) is 9.62. The molecule has 1 heterocycles. The average Bonchev–Trinajstić information content (AvgIpc) is 3.17. The SMILES string of the molecule is O=C(NC1CCC(Nc2ccc3[nH]ncc3c2)CC1)C(O)c1ccc(F)cc1F. The van der Waals surface area contributed by atoms with Gasteiger partial charge >= 0.3 is 0 Å². The molecule has 8 heteroatoms. The molecule has 6 nitrogen and oxygen atoms in total. The number of benzene rings is 2. The summed E-state index contributed by atoms with van der Waals surface area (Å²) >= 11 is 0. The van der Waals surface area contributed by atoms with Gasteiger partial charge in [-0.2, -0.15) is 5.10 Å². The van der Waals surface area contributed by atoms with Crippen LogP contribution in [0.3, 0.4) is 0 Å². The van der Waals surface area contributed by atoms with Crippen LogP contribution in [0.2, 0.25) is 0 Å². The van der Waals surface area contributed by atoms with Gasteiger partial charge in [-0.05, 0) is 49.9 Å². The Morgan fingerprint density at radius 1 is 1.10 bits per heavy atom. The summed E-state index contributed by atoms with van der Waals surface area (Å²) in [5, 5.41) is 24.4. The van der Waals surface area contributed by atoms with Crippen molar-refractivity contribution in [2.45, 2.75) is 43.9 Å². The highest BCUT2D eigenvalue weighted by Crippen LogP contribution is 2.25. The molecule has 1 aliphatic carbocycles. The van der Waals surface area contributed by atoms with Gasteiger partial charge in [0.05, 0.1) is 11.7 Å². The fraction of sp³-hybridized carbons (Fsp3) is 0.333. The minimum atomic E-state index is -1.66. The van der Waals surface area contributed by atoms with Gasteiger partial charge < -0.3 is 15.7 Å². The number of nitrogens with zero attached hydrogens (tertiary/aromatic N) is 1. The fourth-order valence-electron chi connectivity index (χ4n) is 3.79. The molecule has 0 radical (unpaired) electrons. The summed E-state index contributed by atoms with van der Waals surface area (Å²) < 4.78 is 26.8. The standard InChI is InChI=1S/C21H22F2N4O2/c22-13-1-7-17(18(23)10-13)20(28)21(29)26-15-4-2-14(3-5-15)25-16-6-8-19-12(9-16)11-24-27-19/h1,6-11,14-15,20,25,28H,2-5H2,(H,24,27)(H,26,29). The van der Waals surface area contributed by atoms with Crippen LogP contribution < -0.4 is 10.6 Å². The highest BCUT2D eigenvalue weighted by Gasteiger charge is 2.27. The molecule has 0 bridgehead atoms. The number of nitrogens with one attached hydrogen (secondary N) is 3. The molecule has 0 aliphatic heterocycles. The van der Waals surface area contributed by atoms with Crippen molar-refractivity contribution < 1.29 is 18.7 Å². The summed E-state index contributed by atoms with van der Waals surface area (Å²) in [5.74, 6) is -2.36. The number of carbonyl (C=O) groups excluding carboxylic acids is 1. The number of hydrogen-bond donors (Lipinski definition) is 4. The molecule has 1 unspecified atom stereocenters. The van der Waals surface area contributed by atoms with E-state index < -0.39 is 23.6 Å². The summed E-state index contributed by atoms with van der Waals surface area (Å²) in [5.41, 5.74) is 1.78. The lowest BCUT2D eigenvalue weighted by Gasteiger charge is -2.31. The predicted molar refractivity (Wildman–Crippen MR) is 105 cm³/mol. The number of fused-ring (bicyclic) bond motifs is 1. The normalized spacial score (nSPS) is 20.4. The van der Waals surface area contributed by atoms with Crippen LogP contribution in [-0.4, -0.2) is 33.3 Å². The third-order valence-corrected chi connectivity index (χ3v) is 5.39. The molecule has 2 aromatic carbocycles. The Balaban J connectivity index is 1.29. The number of carbonyl (C=O) groups is 1. The number of rotatable bonds is 5. The monoisotopic (exact) mass is 400 g/mol. The Morgan fingerprint density at radius 3 is 2.62 bits per heavy atom. The minimum Gasteiger partial charge on any atom is -0.382 e. The topological polar surface area (TPSA) is 90.0 Å². The highest BCUT2D eigenvalue weighted by atomic mass is 19.1. The molecule has 1 atom stereocenters. The number of H-pyrrole nitrogens is 1. The maximum absolute atomic E-state index is 13.8. The number of anilines is 1. The molecule has 4 rings (SSSR count). The molecule has 0 spiro atoms. The third-order valence-electron chi connectivity index (χ3n) is 5.39. The number of halogens is 2. The van der Waals surface area contributed by atoms with Crippen molar-refractivity contribution in [2.75, 3.05) is 5.32 Å². The van der Waals surface area contributed by atoms with Crippen molar-refractivity contribution in [2.24, 2.45) is 0 Å². The molecular formula is C21H22F2N4O2. The Hall–Kier alpha value is -3.00. The summed E-state index contributed by atoms with van der Waals surface area (Å²) in [4.78, 5) is 12.3. The lowest BCUT2D eigenvalue weighted by Crippen LogP contribution is -2.42. The molecule has 1 aromatic heterocycles. The van der Waals surface area contributed by atoms with Crippen molar-refractivity contribution >= 4 is 22.5 Å². The number of aliphatic hydroxyl groups is 1. The molecule has 1 aliphatic rings. The second kappa shape index (κ2) is 8.16. The Bertz CT molecular complexity index is 1010. The maximum Gasteiger partial charge on any atom is 0.253 e. The zero-order chi connectivity index (χ0) is 20.4. The second-order valence-corrected chi connectivity index (χ2v) is 7.44. The van der Waals surface area contributed by atoms with E-state index in [2.05, 4.69) is 20.8 Å². The largest absolute Gasteiger partial charge is 0.382 e. The molecule has 3 aromatic rings. The van der Waals surface area contributed by atoms with E-state index in [0.717, 1.165) is 54.4 Å². The van der Waals surface area contributed by atoms with E-state index in [1.54, 1.807) is 6.20 Å². The van der Waals surface area contributed by atoms with Crippen LogP contribution in [0.4, 0.5) is 14.5 Å². The zero-order valence-electron chi connectivity index (χ0n) is 15.7. The van der Waals surface area contributed by atoms with Crippen molar-refractivity contribution in [3.63, 3.8) is 0 Å². The highest BCUT2D eigenvalue weighted by molar-refractivity contribution is 5.82. The van der Waals surface area contributed by atoms with Gasteiger partial charge in [0.25, 0.3) is 5.91 Å². The van der Waals surface area contributed by atoms with Gasteiger partial charge in [-0.3, -0.25) is 9.89 Å². The van der Waals surface area contributed by atoms with Crippen LogP contribution in [0.1, 0.15) is 37.4 Å². The molecule has 1 amide bonds. The van der Waals surface area contributed by atoms with E-state index in [1.807, 2.05) is 18.2 Å². The first kappa shape index (κ1) is 19.3. The maximum atomic E-state index is 13.8. The van der Waals surface area contributed by atoms with Gasteiger partial charge in [-0.25, -0.2) is 8.78 Å². The lowest BCUT2D eigenvalue weighted by atomic mass is 9.90. The van der Waals surface area contributed by atoms with Crippen molar-refractivity contribution in [3.8, 4) is 0 Å². The number of aromatic nitrogens is 2. The molecule has 1 saturated carbocycles. The second-order valence-electron chi connectivity index (χ2n) is 7.44. The number of aromatic amines is 1. The van der Waals surface area contributed by atoms with Gasteiger partial charge in [0, 0.05) is 34.8 Å². The van der Waals surface area contributed by atoms with E-state index in [1.165, 1.54) is 0 Å². The van der Waals surface area contributed by atoms with E-state index >= 15 is 0 Å². The first-order valence-electron chi connectivity index (χ1n) is 9.62. The van der Waals surface area contributed by atoms with Crippen LogP contribution in [-0.2, 0) is 4.79 Å². The number of amides is 1. The fourth-order valence-corrected chi connectivity index (χ4v) is 3.79. The first-order chi connectivity index (χ1) is 14.0. The zero-order valence-corrected chi connectivity index (χ0v) is 15.7. The summed E-state index contributed by atoms with van der Waals surface area (Å²) in [6.07, 6.45) is 3.33. The van der Waals surface area contributed by atoms with E-state index in [9.17, 15) is 18.7 Å². The molecule has 29 heavy (non-hydrogen) atoms. The summed E-state index contributed by atoms with van der Waals surface area (Å²) in [6.45, 7) is 0. The quantitative estimate of drug-likeness (QED) is 0.528. The molecule has 4 N–H and O–H groups in total. The molecule has 152 valence electrons. The van der Waals surface area contributed by atoms with Crippen LogP contribution in [0.15, 0.2) is 42.6 Å². The van der Waals surface area contributed by atoms with Gasteiger partial charge in [0.15, 0.2) is 6.10 Å². The number of hydrogen-bond acceptors (Lipinski definition) is 4.